The molecule has 3 aromatic carbocycles. The minimum absolute atomic E-state index is 0.125. The Labute approximate surface area is 176 Å². The van der Waals surface area contributed by atoms with Crippen molar-refractivity contribution in [1.82, 2.24) is 0 Å². The zero-order valence-corrected chi connectivity index (χ0v) is 17.6. The van der Waals surface area contributed by atoms with Gasteiger partial charge in [-0.05, 0) is 51.0 Å². The fraction of sp³-hybridized carbons (Fsp3) is 0.143. The molecule has 0 aromatic heterocycles. The number of carbonyl (C=O) groups is 2. The number of fused-ring (bicyclic) bond motifs is 1. The van der Waals surface area contributed by atoms with Crippen molar-refractivity contribution in [2.24, 2.45) is 0 Å². The molecule has 7 heteroatoms. The fourth-order valence-corrected chi connectivity index (χ4v) is 3.69. The van der Waals surface area contributed by atoms with Gasteiger partial charge in [0.05, 0.1) is 27.9 Å². The molecule has 0 radical (unpaired) electrons. The molecule has 28 heavy (non-hydrogen) atoms. The third-order valence-electron chi connectivity index (χ3n) is 4.21. The molecule has 2 amide bonds. The number of methoxy groups -OCH3 is 1. The normalized spacial score (nSPS) is 10.6. The maximum atomic E-state index is 13.0. The summed E-state index contributed by atoms with van der Waals surface area (Å²) >= 11 is 9.76. The number of benzene rings is 3. The van der Waals surface area contributed by atoms with E-state index in [0.29, 0.717) is 38.6 Å². The van der Waals surface area contributed by atoms with Crippen LogP contribution in [0.5, 0.6) is 5.75 Å². The molecule has 2 N–H and O–H groups in total. The highest BCUT2D eigenvalue weighted by Gasteiger charge is 2.19. The lowest BCUT2D eigenvalue weighted by Gasteiger charge is -2.15. The molecule has 0 spiro atoms. The van der Waals surface area contributed by atoms with E-state index in [4.69, 9.17) is 16.3 Å². The summed E-state index contributed by atoms with van der Waals surface area (Å²) in [4.78, 5) is 24.6. The van der Waals surface area contributed by atoms with Gasteiger partial charge in [0.25, 0.3) is 5.91 Å². The Kier molecular flexibility index (Phi) is 6.21. The van der Waals surface area contributed by atoms with E-state index in [2.05, 4.69) is 26.6 Å². The smallest absolute Gasteiger partial charge is 0.259 e. The first-order chi connectivity index (χ1) is 13.4. The van der Waals surface area contributed by atoms with Crippen LogP contribution in [-0.4, -0.2) is 18.9 Å². The molecule has 0 fully saturated rings. The lowest BCUT2D eigenvalue weighted by Crippen LogP contribution is -2.15. The van der Waals surface area contributed by atoms with Gasteiger partial charge >= 0.3 is 0 Å². The van der Waals surface area contributed by atoms with E-state index in [0.717, 1.165) is 10.8 Å². The van der Waals surface area contributed by atoms with Crippen molar-refractivity contribution in [2.45, 2.75) is 13.3 Å². The molecular weight excluding hydrogens is 444 g/mol. The second-order valence-corrected chi connectivity index (χ2v) is 7.24. The van der Waals surface area contributed by atoms with Crippen LogP contribution in [-0.2, 0) is 4.79 Å². The Balaban J connectivity index is 1.97. The number of ether oxygens (including phenoxy) is 1. The lowest BCUT2D eigenvalue weighted by atomic mass is 10.0. The van der Waals surface area contributed by atoms with Gasteiger partial charge in [-0.2, -0.15) is 0 Å². The molecule has 0 heterocycles. The number of hydrogen-bond acceptors (Lipinski definition) is 3. The molecule has 5 nitrogen and oxygen atoms in total. The van der Waals surface area contributed by atoms with Crippen LogP contribution in [0.1, 0.15) is 23.7 Å². The maximum absolute atomic E-state index is 13.0. The number of rotatable bonds is 5. The van der Waals surface area contributed by atoms with Gasteiger partial charge in [-0.25, -0.2) is 0 Å². The van der Waals surface area contributed by atoms with Gasteiger partial charge in [-0.3, -0.25) is 9.59 Å². The molecule has 144 valence electrons. The van der Waals surface area contributed by atoms with Gasteiger partial charge in [0.2, 0.25) is 5.91 Å². The quantitative estimate of drug-likeness (QED) is 0.500. The van der Waals surface area contributed by atoms with Crippen molar-refractivity contribution in [3.63, 3.8) is 0 Å². The average molecular weight is 462 g/mol. The highest BCUT2D eigenvalue weighted by Crippen LogP contribution is 2.37. The van der Waals surface area contributed by atoms with E-state index in [1.807, 2.05) is 24.3 Å². The molecule has 0 saturated heterocycles. The van der Waals surface area contributed by atoms with Crippen LogP contribution in [0, 0.1) is 0 Å². The summed E-state index contributed by atoms with van der Waals surface area (Å²) in [5.41, 5.74) is 1.32. The first kappa shape index (κ1) is 20.2. The Morgan fingerprint density at radius 1 is 1.11 bits per heavy atom. The van der Waals surface area contributed by atoms with Crippen LogP contribution in [0.25, 0.3) is 10.8 Å². The van der Waals surface area contributed by atoms with Crippen LogP contribution >= 0.6 is 27.5 Å². The van der Waals surface area contributed by atoms with E-state index >= 15 is 0 Å². The highest BCUT2D eigenvalue weighted by molar-refractivity contribution is 9.10. The van der Waals surface area contributed by atoms with Crippen molar-refractivity contribution in [1.29, 1.82) is 0 Å². The Morgan fingerprint density at radius 2 is 1.86 bits per heavy atom. The number of hydrogen-bond donors (Lipinski definition) is 2. The minimum Gasteiger partial charge on any atom is -0.495 e. The molecule has 0 atom stereocenters. The van der Waals surface area contributed by atoms with Crippen LogP contribution in [0.15, 0.2) is 53.0 Å². The Bertz CT molecular complexity index is 1070. The molecular formula is C21H18BrClN2O3. The first-order valence-corrected chi connectivity index (χ1v) is 9.77. The summed E-state index contributed by atoms with van der Waals surface area (Å²) in [5, 5.41) is 7.75. The van der Waals surface area contributed by atoms with Crippen molar-refractivity contribution in [3.8, 4) is 5.75 Å². The number of halogens is 2. The maximum Gasteiger partial charge on any atom is 0.259 e. The summed E-state index contributed by atoms with van der Waals surface area (Å²) in [6.45, 7) is 1.76. The molecule has 0 aliphatic heterocycles. The molecule has 0 aliphatic carbocycles. The summed E-state index contributed by atoms with van der Waals surface area (Å²) < 4.78 is 6.17. The van der Waals surface area contributed by atoms with E-state index in [9.17, 15) is 9.59 Å². The Morgan fingerprint density at radius 3 is 2.57 bits per heavy atom. The van der Waals surface area contributed by atoms with E-state index in [1.165, 1.54) is 7.11 Å². The zero-order chi connectivity index (χ0) is 20.3. The Hall–Kier alpha value is -2.57. The number of nitrogens with one attached hydrogen (secondary N) is 2. The van der Waals surface area contributed by atoms with E-state index < -0.39 is 0 Å². The van der Waals surface area contributed by atoms with E-state index in [1.54, 1.807) is 31.2 Å². The molecule has 0 aliphatic rings. The van der Waals surface area contributed by atoms with E-state index in [-0.39, 0.29) is 11.8 Å². The van der Waals surface area contributed by atoms with Gasteiger partial charge in [0, 0.05) is 12.1 Å². The second-order valence-electron chi connectivity index (χ2n) is 6.04. The van der Waals surface area contributed by atoms with Crippen LogP contribution < -0.4 is 15.4 Å². The number of carbonyl (C=O) groups excluding carboxylic acids is 2. The number of anilines is 2. The third-order valence-corrected chi connectivity index (χ3v) is 5.33. The van der Waals surface area contributed by atoms with Gasteiger partial charge in [-0.15, -0.1) is 0 Å². The monoisotopic (exact) mass is 460 g/mol. The zero-order valence-electron chi connectivity index (χ0n) is 15.3. The SMILES string of the molecule is CCC(=O)Nc1ccc(Cl)c(NC(=O)c2cc3ccccc3c(Br)c2OC)c1. The number of amides is 2. The van der Waals surface area contributed by atoms with Crippen molar-refractivity contribution in [2.75, 3.05) is 17.7 Å². The average Bonchev–Trinajstić information content (AvgIpc) is 2.70. The van der Waals surface area contributed by atoms with Crippen molar-refractivity contribution < 1.29 is 14.3 Å². The van der Waals surface area contributed by atoms with Gasteiger partial charge in [0.15, 0.2) is 0 Å². The predicted molar refractivity (Wildman–Crippen MR) is 117 cm³/mol. The molecule has 3 rings (SSSR count). The van der Waals surface area contributed by atoms with Gasteiger partial charge < -0.3 is 15.4 Å². The summed E-state index contributed by atoms with van der Waals surface area (Å²) in [7, 11) is 1.51. The van der Waals surface area contributed by atoms with Gasteiger partial charge in [0.1, 0.15) is 5.75 Å². The predicted octanol–water partition coefficient (Wildman–Crippen LogP) is 5.87. The summed E-state index contributed by atoms with van der Waals surface area (Å²) in [6, 6.07) is 14.4. The standard InChI is InChI=1S/C21H18BrClN2O3/c1-3-18(26)24-13-8-9-16(23)17(11-13)25-21(27)15-10-12-6-4-5-7-14(12)19(22)20(15)28-2/h4-11H,3H2,1-2H3,(H,24,26)(H,25,27). The topological polar surface area (TPSA) is 67.4 Å². The molecule has 0 saturated carbocycles. The summed E-state index contributed by atoms with van der Waals surface area (Å²) in [5.74, 6) is -0.0633. The van der Waals surface area contributed by atoms with Crippen molar-refractivity contribution >= 4 is 61.5 Å². The highest BCUT2D eigenvalue weighted by atomic mass is 79.9. The van der Waals surface area contributed by atoms with Crippen LogP contribution in [0.3, 0.4) is 0 Å². The summed E-state index contributed by atoms with van der Waals surface area (Å²) in [6.07, 6.45) is 0.354. The minimum atomic E-state index is -0.371. The fourth-order valence-electron chi connectivity index (χ4n) is 2.79. The van der Waals surface area contributed by atoms with Crippen LogP contribution in [0.2, 0.25) is 5.02 Å². The third kappa shape index (κ3) is 4.13. The van der Waals surface area contributed by atoms with Crippen LogP contribution in [0.4, 0.5) is 11.4 Å². The first-order valence-electron chi connectivity index (χ1n) is 8.60. The lowest BCUT2D eigenvalue weighted by molar-refractivity contribution is -0.115. The largest absolute Gasteiger partial charge is 0.495 e. The molecule has 3 aromatic rings. The van der Waals surface area contributed by atoms with Crippen molar-refractivity contribution in [3.05, 3.63) is 63.6 Å². The van der Waals surface area contributed by atoms with Gasteiger partial charge in [-0.1, -0.05) is 42.8 Å². The second kappa shape index (κ2) is 8.63. The molecule has 0 bridgehead atoms. The molecule has 0 unspecified atom stereocenters.